The zero-order chi connectivity index (χ0) is 29.9. The highest BCUT2D eigenvalue weighted by Gasteiger charge is 2.21. The zero-order valence-electron chi connectivity index (χ0n) is 25.1. The average Bonchev–Trinajstić information content (AvgIpc) is 3.03. The Bertz CT molecular complexity index is 1740. The van der Waals surface area contributed by atoms with E-state index in [0.29, 0.717) is 17.6 Å². The van der Waals surface area contributed by atoms with Crippen LogP contribution in [0.3, 0.4) is 0 Å². The Morgan fingerprint density at radius 3 is 2.35 bits per heavy atom. The summed E-state index contributed by atoms with van der Waals surface area (Å²) < 4.78 is 0. The van der Waals surface area contributed by atoms with Crippen LogP contribution < -0.4 is 15.5 Å². The number of hydrogen-bond donors (Lipinski definition) is 2. The van der Waals surface area contributed by atoms with Crippen LogP contribution in [-0.2, 0) is 0 Å². The maximum absolute atomic E-state index is 12.7. The molecule has 5 aromatic rings. The van der Waals surface area contributed by atoms with Gasteiger partial charge in [0.25, 0.3) is 5.91 Å². The highest BCUT2D eigenvalue weighted by molar-refractivity contribution is 6.04. The maximum atomic E-state index is 12.7. The minimum atomic E-state index is -0.131. The van der Waals surface area contributed by atoms with E-state index in [1.165, 1.54) is 0 Å². The number of piperidine rings is 1. The molecule has 0 unspecified atom stereocenters. The van der Waals surface area contributed by atoms with Crippen molar-refractivity contribution in [2.45, 2.75) is 32.7 Å². The first-order valence-electron chi connectivity index (χ1n) is 14.7. The Balaban J connectivity index is 1.18. The van der Waals surface area contributed by atoms with Crippen LogP contribution in [0.2, 0.25) is 0 Å². The van der Waals surface area contributed by atoms with Crippen molar-refractivity contribution in [1.29, 1.82) is 0 Å². The van der Waals surface area contributed by atoms with Gasteiger partial charge in [-0.05, 0) is 112 Å². The van der Waals surface area contributed by atoms with Gasteiger partial charge in [0.2, 0.25) is 5.95 Å². The molecule has 0 saturated carbocycles. The fraction of sp³-hybridized carbons (Fsp3) is 0.257. The summed E-state index contributed by atoms with van der Waals surface area (Å²) >= 11 is 0. The van der Waals surface area contributed by atoms with Gasteiger partial charge in [-0.15, -0.1) is 0 Å². The van der Waals surface area contributed by atoms with Gasteiger partial charge in [-0.1, -0.05) is 24.3 Å². The molecular formula is C35H37N7O. The van der Waals surface area contributed by atoms with E-state index >= 15 is 0 Å². The molecule has 218 valence electrons. The largest absolute Gasteiger partial charge is 0.357 e. The molecule has 1 aliphatic rings. The molecule has 2 N–H and O–H groups in total. The van der Waals surface area contributed by atoms with Crippen LogP contribution in [0.4, 0.5) is 23.1 Å². The van der Waals surface area contributed by atoms with Gasteiger partial charge in [-0.2, -0.15) is 0 Å². The standard InChI is InChI=1S/C35H37N7O/c1-23-10-11-28(38-34(43)25-8-6-5-7-9-25)20-31(23)26-18-24(2)33-27(19-26)21-37-35(40-33)39-29-12-13-32(36-22-29)42-16-14-30(15-17-42)41(3)4/h5-13,18-22,30H,14-17H2,1-4H3,(H,38,43)(H,37,39,40). The summed E-state index contributed by atoms with van der Waals surface area (Å²) in [6, 6.07) is 24.2. The fourth-order valence-corrected chi connectivity index (χ4v) is 5.73. The highest BCUT2D eigenvalue weighted by atomic mass is 16.1. The number of nitrogens with zero attached hydrogens (tertiary/aromatic N) is 5. The molecule has 8 heteroatoms. The van der Waals surface area contributed by atoms with Crippen molar-refractivity contribution in [2.24, 2.45) is 0 Å². The number of anilines is 4. The second kappa shape index (κ2) is 12.2. The van der Waals surface area contributed by atoms with Gasteiger partial charge in [0.05, 0.1) is 17.4 Å². The molecular weight excluding hydrogens is 534 g/mol. The molecule has 1 amide bonds. The van der Waals surface area contributed by atoms with Crippen molar-refractivity contribution in [2.75, 3.05) is 42.7 Å². The minimum Gasteiger partial charge on any atom is -0.357 e. The molecule has 0 aliphatic carbocycles. The number of pyridine rings is 1. The third-order valence-corrected chi connectivity index (χ3v) is 8.24. The lowest BCUT2D eigenvalue weighted by Gasteiger charge is -2.35. The number of nitrogens with one attached hydrogen (secondary N) is 2. The van der Waals surface area contributed by atoms with Gasteiger partial charge in [0.15, 0.2) is 0 Å². The van der Waals surface area contributed by atoms with E-state index in [2.05, 4.69) is 71.6 Å². The van der Waals surface area contributed by atoms with E-state index in [1.54, 1.807) is 0 Å². The number of amides is 1. The lowest BCUT2D eigenvalue weighted by Crippen LogP contribution is -2.42. The normalized spacial score (nSPS) is 13.8. The summed E-state index contributed by atoms with van der Waals surface area (Å²) in [5, 5.41) is 7.30. The van der Waals surface area contributed by atoms with Crippen molar-refractivity contribution in [3.05, 3.63) is 102 Å². The molecule has 1 saturated heterocycles. The molecule has 1 aliphatic heterocycles. The van der Waals surface area contributed by atoms with Crippen molar-refractivity contribution < 1.29 is 4.79 Å². The van der Waals surface area contributed by atoms with Crippen LogP contribution in [0.15, 0.2) is 85.2 Å². The van der Waals surface area contributed by atoms with Gasteiger partial charge in [0, 0.05) is 42.0 Å². The first-order valence-corrected chi connectivity index (χ1v) is 14.7. The molecule has 0 spiro atoms. The summed E-state index contributed by atoms with van der Waals surface area (Å²) in [6.45, 7) is 6.18. The summed E-state index contributed by atoms with van der Waals surface area (Å²) in [4.78, 5) is 31.5. The van der Waals surface area contributed by atoms with Gasteiger partial charge < -0.3 is 20.4 Å². The number of carbonyl (C=O) groups excluding carboxylic acids is 1. The van der Waals surface area contributed by atoms with Crippen LogP contribution >= 0.6 is 0 Å². The van der Waals surface area contributed by atoms with Gasteiger partial charge in [-0.3, -0.25) is 4.79 Å². The molecule has 0 atom stereocenters. The Morgan fingerprint density at radius 2 is 1.63 bits per heavy atom. The lowest BCUT2D eigenvalue weighted by molar-refractivity contribution is 0.102. The van der Waals surface area contributed by atoms with E-state index in [-0.39, 0.29) is 5.91 Å². The molecule has 1 fully saturated rings. The summed E-state index contributed by atoms with van der Waals surface area (Å²) in [5.41, 5.74) is 7.39. The zero-order valence-corrected chi connectivity index (χ0v) is 25.1. The predicted octanol–water partition coefficient (Wildman–Crippen LogP) is 6.83. The Labute approximate surface area is 252 Å². The molecule has 6 rings (SSSR count). The van der Waals surface area contributed by atoms with Crippen LogP contribution in [0.5, 0.6) is 0 Å². The van der Waals surface area contributed by atoms with Crippen LogP contribution in [0.1, 0.15) is 34.3 Å². The second-order valence-electron chi connectivity index (χ2n) is 11.5. The SMILES string of the molecule is Cc1ccc(NC(=O)c2ccccc2)cc1-c1cc(C)c2nc(Nc3ccc(N4CCC(N(C)C)CC4)nc3)ncc2c1. The fourth-order valence-electron chi connectivity index (χ4n) is 5.73. The number of aryl methyl sites for hydroxylation is 2. The number of hydrogen-bond acceptors (Lipinski definition) is 7. The minimum absolute atomic E-state index is 0.131. The number of aromatic nitrogens is 3. The average molecular weight is 572 g/mol. The monoisotopic (exact) mass is 571 g/mol. The summed E-state index contributed by atoms with van der Waals surface area (Å²) in [5.74, 6) is 1.41. The Kier molecular flexibility index (Phi) is 8.03. The smallest absolute Gasteiger partial charge is 0.255 e. The van der Waals surface area contributed by atoms with E-state index in [0.717, 1.165) is 76.3 Å². The summed E-state index contributed by atoms with van der Waals surface area (Å²) in [7, 11) is 4.31. The van der Waals surface area contributed by atoms with E-state index in [4.69, 9.17) is 9.97 Å². The van der Waals surface area contributed by atoms with Gasteiger partial charge in [0.1, 0.15) is 5.82 Å². The third-order valence-electron chi connectivity index (χ3n) is 8.24. The molecule has 3 aromatic carbocycles. The molecule has 0 radical (unpaired) electrons. The second-order valence-corrected chi connectivity index (χ2v) is 11.5. The first-order chi connectivity index (χ1) is 20.8. The molecule has 0 bridgehead atoms. The van der Waals surface area contributed by atoms with Crippen LogP contribution in [0.25, 0.3) is 22.0 Å². The lowest BCUT2D eigenvalue weighted by atomic mass is 9.96. The first kappa shape index (κ1) is 28.3. The van der Waals surface area contributed by atoms with Crippen molar-refractivity contribution >= 4 is 40.0 Å². The van der Waals surface area contributed by atoms with E-state index in [9.17, 15) is 4.79 Å². The molecule has 3 heterocycles. The van der Waals surface area contributed by atoms with E-state index < -0.39 is 0 Å². The molecule has 43 heavy (non-hydrogen) atoms. The predicted molar refractivity (Wildman–Crippen MR) is 175 cm³/mol. The third kappa shape index (κ3) is 6.34. The van der Waals surface area contributed by atoms with Gasteiger partial charge >= 0.3 is 0 Å². The molecule has 8 nitrogen and oxygen atoms in total. The molecule has 2 aromatic heterocycles. The summed E-state index contributed by atoms with van der Waals surface area (Å²) in [6.07, 6.45) is 6.00. The Hall–Kier alpha value is -4.82. The number of fused-ring (bicyclic) bond motifs is 1. The topological polar surface area (TPSA) is 86.3 Å². The maximum Gasteiger partial charge on any atom is 0.255 e. The Morgan fingerprint density at radius 1 is 0.860 bits per heavy atom. The van der Waals surface area contributed by atoms with Crippen LogP contribution in [-0.4, -0.2) is 59.0 Å². The highest BCUT2D eigenvalue weighted by Crippen LogP contribution is 2.31. The number of benzene rings is 3. The van der Waals surface area contributed by atoms with E-state index in [1.807, 2.05) is 67.0 Å². The van der Waals surface area contributed by atoms with Gasteiger partial charge in [-0.25, -0.2) is 15.0 Å². The van der Waals surface area contributed by atoms with Crippen molar-refractivity contribution in [3.8, 4) is 11.1 Å². The van der Waals surface area contributed by atoms with Crippen LogP contribution in [0, 0.1) is 13.8 Å². The number of carbonyl (C=O) groups is 1. The van der Waals surface area contributed by atoms with Crippen molar-refractivity contribution in [1.82, 2.24) is 19.9 Å². The quantitative estimate of drug-likeness (QED) is 0.221. The van der Waals surface area contributed by atoms with Crippen molar-refractivity contribution in [3.63, 3.8) is 0 Å². The number of rotatable bonds is 7.